The van der Waals surface area contributed by atoms with E-state index in [1.165, 1.54) is 17.8 Å². The molecule has 0 bridgehead atoms. The normalized spacial score (nSPS) is 14.7. The monoisotopic (exact) mass is 379 g/mol. The highest BCUT2D eigenvalue weighted by Crippen LogP contribution is 2.22. The van der Waals surface area contributed by atoms with Crippen LogP contribution in [0.3, 0.4) is 0 Å². The molecule has 0 amide bonds. The summed E-state index contributed by atoms with van der Waals surface area (Å²) in [6.07, 6.45) is 1.55. The Kier molecular flexibility index (Phi) is 5.29. The molecule has 3 aromatic rings. The third-order valence-electron chi connectivity index (χ3n) is 4.65. The predicted octanol–water partition coefficient (Wildman–Crippen LogP) is 3.25. The lowest BCUT2D eigenvalue weighted by Gasteiger charge is -2.34. The van der Waals surface area contributed by atoms with Crippen LogP contribution in [0.15, 0.2) is 54.7 Å². The molecule has 7 nitrogen and oxygen atoms in total. The second-order valence-corrected chi connectivity index (χ2v) is 6.76. The molecule has 0 aliphatic carbocycles. The van der Waals surface area contributed by atoms with Crippen molar-refractivity contribution in [3.05, 3.63) is 60.5 Å². The Morgan fingerprint density at radius 3 is 2.46 bits per heavy atom. The number of hydrogen-bond donors (Lipinski definition) is 2. The summed E-state index contributed by atoms with van der Waals surface area (Å²) in [6, 6.07) is 14.4. The SMILES string of the molecule is CN1CCN(c2ccc(Nc3cnnc(Nc4cccc(F)c4)n3)cc2)CC1. The van der Waals surface area contributed by atoms with Crippen molar-refractivity contribution in [2.45, 2.75) is 0 Å². The van der Waals surface area contributed by atoms with E-state index in [-0.39, 0.29) is 5.82 Å². The molecular formula is C20H22FN7. The summed E-state index contributed by atoms with van der Waals surface area (Å²) in [4.78, 5) is 9.10. The Morgan fingerprint density at radius 1 is 0.929 bits per heavy atom. The summed E-state index contributed by atoms with van der Waals surface area (Å²) in [5.74, 6) is 0.526. The number of piperazine rings is 1. The van der Waals surface area contributed by atoms with Crippen LogP contribution in [0, 0.1) is 5.82 Å². The molecule has 4 rings (SSSR count). The first-order valence-electron chi connectivity index (χ1n) is 9.19. The molecule has 0 atom stereocenters. The maximum atomic E-state index is 13.3. The van der Waals surface area contributed by atoms with Crippen molar-refractivity contribution in [1.29, 1.82) is 0 Å². The molecule has 0 spiro atoms. The summed E-state index contributed by atoms with van der Waals surface area (Å²) in [6.45, 7) is 4.23. The van der Waals surface area contributed by atoms with Crippen molar-refractivity contribution in [3.63, 3.8) is 0 Å². The van der Waals surface area contributed by atoms with E-state index in [4.69, 9.17) is 0 Å². The molecule has 0 unspecified atom stereocenters. The van der Waals surface area contributed by atoms with E-state index >= 15 is 0 Å². The zero-order chi connectivity index (χ0) is 19.3. The summed E-state index contributed by atoms with van der Waals surface area (Å²) < 4.78 is 13.3. The molecule has 2 aromatic carbocycles. The van der Waals surface area contributed by atoms with E-state index in [0.29, 0.717) is 17.5 Å². The van der Waals surface area contributed by atoms with Gasteiger partial charge >= 0.3 is 0 Å². The molecule has 0 saturated carbocycles. The standard InChI is InChI=1S/C20H22FN7/c1-27-9-11-28(12-10-27)18-7-5-16(6-8-18)23-19-14-22-26-20(25-19)24-17-4-2-3-15(21)13-17/h2-8,13-14H,9-12H2,1H3,(H2,23,24,25,26). The van der Waals surface area contributed by atoms with Gasteiger partial charge in [-0.3, -0.25) is 0 Å². The van der Waals surface area contributed by atoms with E-state index in [1.807, 2.05) is 12.1 Å². The Hall–Kier alpha value is -3.26. The van der Waals surface area contributed by atoms with Crippen molar-refractivity contribution in [1.82, 2.24) is 20.1 Å². The average molecular weight is 379 g/mol. The molecule has 2 N–H and O–H groups in total. The number of aromatic nitrogens is 3. The summed E-state index contributed by atoms with van der Waals surface area (Å²) in [5.41, 5.74) is 2.69. The topological polar surface area (TPSA) is 69.2 Å². The molecule has 8 heteroatoms. The van der Waals surface area contributed by atoms with Crippen LogP contribution >= 0.6 is 0 Å². The number of anilines is 5. The Morgan fingerprint density at radius 2 is 1.71 bits per heavy atom. The Bertz CT molecular complexity index is 924. The van der Waals surface area contributed by atoms with Crippen LogP contribution in [-0.4, -0.2) is 53.3 Å². The highest BCUT2D eigenvalue weighted by molar-refractivity contribution is 5.62. The second kappa shape index (κ2) is 8.18. The van der Waals surface area contributed by atoms with Gasteiger partial charge in [0.1, 0.15) is 5.82 Å². The van der Waals surface area contributed by atoms with Crippen LogP contribution in [0.2, 0.25) is 0 Å². The Labute approximate surface area is 163 Å². The maximum Gasteiger partial charge on any atom is 0.249 e. The molecular weight excluding hydrogens is 357 g/mol. The van der Waals surface area contributed by atoms with Gasteiger partial charge < -0.3 is 20.4 Å². The van der Waals surface area contributed by atoms with Gasteiger partial charge in [-0.05, 0) is 49.5 Å². The van der Waals surface area contributed by atoms with E-state index < -0.39 is 0 Å². The van der Waals surface area contributed by atoms with Crippen molar-refractivity contribution in [2.24, 2.45) is 0 Å². The number of benzene rings is 2. The molecule has 1 aromatic heterocycles. The zero-order valence-corrected chi connectivity index (χ0v) is 15.6. The lowest BCUT2D eigenvalue weighted by Crippen LogP contribution is -2.44. The van der Waals surface area contributed by atoms with Crippen molar-refractivity contribution in [3.8, 4) is 0 Å². The largest absolute Gasteiger partial charge is 0.369 e. The van der Waals surface area contributed by atoms with E-state index in [1.54, 1.807) is 18.3 Å². The minimum absolute atomic E-state index is 0.296. The number of nitrogens with zero attached hydrogens (tertiary/aromatic N) is 5. The molecule has 1 aliphatic rings. The predicted molar refractivity (Wildman–Crippen MR) is 109 cm³/mol. The average Bonchev–Trinajstić information content (AvgIpc) is 2.70. The minimum Gasteiger partial charge on any atom is -0.369 e. The first-order chi connectivity index (χ1) is 13.7. The molecule has 2 heterocycles. The number of halogens is 1. The van der Waals surface area contributed by atoms with Crippen LogP contribution < -0.4 is 15.5 Å². The number of nitrogens with one attached hydrogen (secondary N) is 2. The smallest absolute Gasteiger partial charge is 0.249 e. The number of likely N-dealkylation sites (N-methyl/N-ethyl adjacent to an activating group) is 1. The minimum atomic E-state index is -0.326. The van der Waals surface area contributed by atoms with E-state index in [2.05, 4.69) is 54.8 Å². The van der Waals surface area contributed by atoms with Crippen LogP contribution in [0.1, 0.15) is 0 Å². The number of hydrogen-bond acceptors (Lipinski definition) is 7. The fourth-order valence-corrected chi connectivity index (χ4v) is 3.08. The van der Waals surface area contributed by atoms with Crippen LogP contribution in [0.25, 0.3) is 0 Å². The van der Waals surface area contributed by atoms with Crippen LogP contribution in [0.5, 0.6) is 0 Å². The molecule has 0 radical (unpaired) electrons. The van der Waals surface area contributed by atoms with Gasteiger partial charge in [-0.2, -0.15) is 10.1 Å². The van der Waals surface area contributed by atoms with Crippen molar-refractivity contribution in [2.75, 3.05) is 48.8 Å². The lowest BCUT2D eigenvalue weighted by atomic mass is 10.2. The van der Waals surface area contributed by atoms with E-state index in [0.717, 1.165) is 31.9 Å². The fraction of sp³-hybridized carbons (Fsp3) is 0.250. The third-order valence-corrected chi connectivity index (χ3v) is 4.65. The maximum absolute atomic E-state index is 13.3. The van der Waals surface area contributed by atoms with Gasteiger partial charge in [0.2, 0.25) is 5.95 Å². The molecule has 1 fully saturated rings. The molecule has 28 heavy (non-hydrogen) atoms. The van der Waals surface area contributed by atoms with Gasteiger partial charge in [0.15, 0.2) is 5.82 Å². The Balaban J connectivity index is 1.41. The highest BCUT2D eigenvalue weighted by Gasteiger charge is 2.14. The van der Waals surface area contributed by atoms with Gasteiger partial charge in [-0.15, -0.1) is 5.10 Å². The molecule has 1 aliphatic heterocycles. The highest BCUT2D eigenvalue weighted by atomic mass is 19.1. The van der Waals surface area contributed by atoms with Crippen LogP contribution in [-0.2, 0) is 0 Å². The molecule has 1 saturated heterocycles. The number of rotatable bonds is 5. The third kappa shape index (κ3) is 4.52. The van der Waals surface area contributed by atoms with Gasteiger partial charge in [-0.25, -0.2) is 4.39 Å². The second-order valence-electron chi connectivity index (χ2n) is 6.76. The van der Waals surface area contributed by atoms with Crippen molar-refractivity contribution >= 4 is 28.8 Å². The molecule has 144 valence electrons. The first-order valence-corrected chi connectivity index (χ1v) is 9.19. The quantitative estimate of drug-likeness (QED) is 0.705. The summed E-state index contributed by atoms with van der Waals surface area (Å²) in [5, 5.41) is 14.1. The zero-order valence-electron chi connectivity index (χ0n) is 15.6. The summed E-state index contributed by atoms with van der Waals surface area (Å²) >= 11 is 0. The van der Waals surface area contributed by atoms with Crippen LogP contribution in [0.4, 0.5) is 33.2 Å². The van der Waals surface area contributed by atoms with Crippen molar-refractivity contribution < 1.29 is 4.39 Å². The first kappa shape index (κ1) is 18.1. The summed E-state index contributed by atoms with van der Waals surface area (Å²) in [7, 11) is 2.15. The van der Waals surface area contributed by atoms with E-state index in [9.17, 15) is 4.39 Å². The van der Waals surface area contributed by atoms with Gasteiger partial charge in [0.25, 0.3) is 0 Å². The van der Waals surface area contributed by atoms with Gasteiger partial charge in [0.05, 0.1) is 6.20 Å². The lowest BCUT2D eigenvalue weighted by molar-refractivity contribution is 0.313. The van der Waals surface area contributed by atoms with Gasteiger partial charge in [0, 0.05) is 43.2 Å². The fourth-order valence-electron chi connectivity index (χ4n) is 3.08. The van der Waals surface area contributed by atoms with Gasteiger partial charge in [-0.1, -0.05) is 6.07 Å².